The van der Waals surface area contributed by atoms with Crippen LogP contribution in [0, 0.1) is 5.82 Å². The number of hydrogen-bond acceptors (Lipinski definition) is 4. The molecule has 0 atom stereocenters. The van der Waals surface area contributed by atoms with Crippen LogP contribution in [0.4, 0.5) is 10.1 Å². The lowest BCUT2D eigenvalue weighted by molar-refractivity contribution is 0.0976. The Labute approximate surface area is 172 Å². The molecule has 0 saturated heterocycles. The Morgan fingerprint density at radius 2 is 2.07 bits per heavy atom. The Morgan fingerprint density at radius 3 is 2.79 bits per heavy atom. The third-order valence-corrected chi connectivity index (χ3v) is 4.11. The fourth-order valence-corrected chi connectivity index (χ4v) is 2.66. The molecule has 0 aliphatic rings. The molecule has 6 nitrogen and oxygen atoms in total. The number of amides is 1. The predicted molar refractivity (Wildman–Crippen MR) is 111 cm³/mol. The van der Waals surface area contributed by atoms with E-state index in [4.69, 9.17) is 16.3 Å². The minimum absolute atomic E-state index is 0.156. The number of benzene rings is 2. The molecule has 3 aromatic rings. The number of aliphatic imine (C=N–C) groups is 1. The van der Waals surface area contributed by atoms with Crippen molar-refractivity contribution in [3.8, 4) is 5.75 Å². The molecular weight excluding hydrogens is 395 g/mol. The quantitative estimate of drug-likeness (QED) is 0.484. The van der Waals surface area contributed by atoms with E-state index in [-0.39, 0.29) is 18.1 Å². The molecule has 1 heterocycles. The molecule has 1 amide bonds. The second-order valence-electron chi connectivity index (χ2n) is 5.96. The van der Waals surface area contributed by atoms with Gasteiger partial charge in [-0.2, -0.15) is 0 Å². The van der Waals surface area contributed by atoms with Crippen LogP contribution in [-0.2, 0) is 6.54 Å². The number of carbonyl (C=O) groups is 1. The van der Waals surface area contributed by atoms with Crippen molar-refractivity contribution < 1.29 is 13.9 Å². The second-order valence-corrected chi connectivity index (χ2v) is 6.40. The Bertz CT molecular complexity index is 1030. The number of methoxy groups -OCH3 is 1. The fraction of sp³-hybridized carbons (Fsp3) is 0.0952. The lowest BCUT2D eigenvalue weighted by Crippen LogP contribution is -2.36. The molecule has 2 aromatic carbocycles. The van der Waals surface area contributed by atoms with Crippen molar-refractivity contribution >= 4 is 29.2 Å². The van der Waals surface area contributed by atoms with Crippen molar-refractivity contribution in [2.45, 2.75) is 6.54 Å². The zero-order valence-corrected chi connectivity index (χ0v) is 16.3. The number of nitrogens with one attached hydrogen (secondary N) is 2. The van der Waals surface area contributed by atoms with Gasteiger partial charge in [0, 0.05) is 23.0 Å². The Hall–Kier alpha value is -3.45. The van der Waals surface area contributed by atoms with Crippen LogP contribution in [-0.4, -0.2) is 24.0 Å². The number of guanidine groups is 1. The number of rotatable bonds is 5. The molecule has 1 aromatic heterocycles. The molecule has 3 rings (SSSR count). The molecule has 0 radical (unpaired) electrons. The summed E-state index contributed by atoms with van der Waals surface area (Å²) >= 11 is 6.08. The minimum atomic E-state index is -0.511. The molecule has 2 N–H and O–H groups in total. The van der Waals surface area contributed by atoms with E-state index in [1.54, 1.807) is 36.7 Å². The van der Waals surface area contributed by atoms with Crippen LogP contribution in [0.2, 0.25) is 5.02 Å². The molecule has 0 aliphatic carbocycles. The zero-order valence-electron chi connectivity index (χ0n) is 15.5. The molecule has 148 valence electrons. The minimum Gasteiger partial charge on any atom is -0.495 e. The first-order chi connectivity index (χ1) is 14.0. The van der Waals surface area contributed by atoms with Gasteiger partial charge >= 0.3 is 0 Å². The molecule has 0 unspecified atom stereocenters. The number of aromatic nitrogens is 1. The monoisotopic (exact) mass is 412 g/mol. The number of ether oxygens (including phenoxy) is 1. The van der Waals surface area contributed by atoms with E-state index < -0.39 is 11.7 Å². The van der Waals surface area contributed by atoms with Crippen LogP contribution < -0.4 is 15.4 Å². The van der Waals surface area contributed by atoms with Gasteiger partial charge in [0.15, 0.2) is 0 Å². The van der Waals surface area contributed by atoms with Gasteiger partial charge < -0.3 is 10.1 Å². The van der Waals surface area contributed by atoms with Gasteiger partial charge in [0.2, 0.25) is 5.96 Å². The van der Waals surface area contributed by atoms with Crippen molar-refractivity contribution in [1.82, 2.24) is 10.3 Å². The van der Waals surface area contributed by atoms with Gasteiger partial charge in [0.25, 0.3) is 5.91 Å². The van der Waals surface area contributed by atoms with Crippen LogP contribution in [0.15, 0.2) is 72.0 Å². The zero-order chi connectivity index (χ0) is 20.6. The second kappa shape index (κ2) is 9.66. The predicted octanol–water partition coefficient (Wildman–Crippen LogP) is 4.28. The van der Waals surface area contributed by atoms with Gasteiger partial charge in [0.1, 0.15) is 11.6 Å². The number of pyridine rings is 1. The average Bonchev–Trinajstić information content (AvgIpc) is 2.73. The summed E-state index contributed by atoms with van der Waals surface area (Å²) in [6.07, 6.45) is 3.34. The Balaban J connectivity index is 1.87. The van der Waals surface area contributed by atoms with Crippen molar-refractivity contribution in [2.75, 3.05) is 12.4 Å². The highest BCUT2D eigenvalue weighted by Gasteiger charge is 2.12. The van der Waals surface area contributed by atoms with E-state index >= 15 is 0 Å². The summed E-state index contributed by atoms with van der Waals surface area (Å²) in [6.45, 7) is 0.266. The van der Waals surface area contributed by atoms with Gasteiger partial charge in [-0.05, 0) is 48.0 Å². The largest absolute Gasteiger partial charge is 0.495 e. The molecule has 8 heteroatoms. The number of carbonyl (C=O) groups excluding carboxylic acids is 1. The lowest BCUT2D eigenvalue weighted by Gasteiger charge is -2.15. The van der Waals surface area contributed by atoms with E-state index in [2.05, 4.69) is 20.6 Å². The highest BCUT2D eigenvalue weighted by molar-refractivity contribution is 6.31. The van der Waals surface area contributed by atoms with Gasteiger partial charge in [-0.15, -0.1) is 0 Å². The van der Waals surface area contributed by atoms with E-state index in [9.17, 15) is 9.18 Å². The summed E-state index contributed by atoms with van der Waals surface area (Å²) in [6, 6.07) is 14.1. The van der Waals surface area contributed by atoms with Crippen LogP contribution in [0.3, 0.4) is 0 Å². The van der Waals surface area contributed by atoms with Crippen molar-refractivity contribution in [3.05, 3.63) is 89.0 Å². The number of nitrogens with zero attached hydrogens (tertiary/aromatic N) is 2. The number of halogens is 2. The SMILES string of the molecule is COc1ccc(Cl)cc1NC(=NCc1cccnc1)NC(=O)c1cccc(F)c1. The smallest absolute Gasteiger partial charge is 0.258 e. The number of hydrogen-bond donors (Lipinski definition) is 2. The summed E-state index contributed by atoms with van der Waals surface area (Å²) in [5.74, 6) is -0.342. The first kappa shape index (κ1) is 20.3. The van der Waals surface area contributed by atoms with Gasteiger partial charge in [-0.3, -0.25) is 15.1 Å². The van der Waals surface area contributed by atoms with E-state index in [1.807, 2.05) is 6.07 Å². The molecule has 0 bridgehead atoms. The maximum Gasteiger partial charge on any atom is 0.258 e. The third kappa shape index (κ3) is 5.76. The van der Waals surface area contributed by atoms with E-state index in [1.165, 1.54) is 25.3 Å². The van der Waals surface area contributed by atoms with Gasteiger partial charge in [0.05, 0.1) is 19.3 Å². The maximum absolute atomic E-state index is 13.5. The fourth-order valence-electron chi connectivity index (χ4n) is 2.49. The van der Waals surface area contributed by atoms with E-state index in [0.29, 0.717) is 16.5 Å². The highest BCUT2D eigenvalue weighted by Crippen LogP contribution is 2.27. The molecule has 0 aliphatic heterocycles. The third-order valence-electron chi connectivity index (χ3n) is 3.88. The van der Waals surface area contributed by atoms with Crippen LogP contribution in [0.1, 0.15) is 15.9 Å². The first-order valence-corrected chi connectivity index (χ1v) is 9.04. The highest BCUT2D eigenvalue weighted by atomic mass is 35.5. The molecular formula is C21H18ClFN4O2. The number of anilines is 1. The normalized spacial score (nSPS) is 11.1. The molecule has 0 fully saturated rings. The summed E-state index contributed by atoms with van der Waals surface area (Å²) in [5.41, 5.74) is 1.54. The topological polar surface area (TPSA) is 75.6 Å². The lowest BCUT2D eigenvalue weighted by atomic mass is 10.2. The summed E-state index contributed by atoms with van der Waals surface area (Å²) in [5, 5.41) is 6.17. The Morgan fingerprint density at radius 1 is 1.21 bits per heavy atom. The van der Waals surface area contributed by atoms with Crippen molar-refractivity contribution in [3.63, 3.8) is 0 Å². The molecule has 0 saturated carbocycles. The maximum atomic E-state index is 13.5. The van der Waals surface area contributed by atoms with Crippen molar-refractivity contribution in [1.29, 1.82) is 0 Å². The molecule has 29 heavy (non-hydrogen) atoms. The standard InChI is InChI=1S/C21H18ClFN4O2/c1-29-19-8-7-16(22)11-18(19)26-21(25-13-14-4-3-9-24-12-14)27-20(28)15-5-2-6-17(23)10-15/h2-12H,13H2,1H3,(H2,25,26,27,28). The van der Waals surface area contributed by atoms with Crippen LogP contribution in [0.25, 0.3) is 0 Å². The van der Waals surface area contributed by atoms with Crippen LogP contribution >= 0.6 is 11.6 Å². The summed E-state index contributed by atoms with van der Waals surface area (Å²) < 4.78 is 18.8. The molecule has 0 spiro atoms. The Kier molecular flexibility index (Phi) is 6.76. The van der Waals surface area contributed by atoms with Gasteiger partial charge in [-0.25, -0.2) is 9.38 Å². The first-order valence-electron chi connectivity index (χ1n) is 8.66. The summed E-state index contributed by atoms with van der Waals surface area (Å²) in [4.78, 5) is 21.0. The van der Waals surface area contributed by atoms with E-state index in [0.717, 1.165) is 11.6 Å². The summed E-state index contributed by atoms with van der Waals surface area (Å²) in [7, 11) is 1.52. The van der Waals surface area contributed by atoms with Gasteiger partial charge in [-0.1, -0.05) is 23.7 Å². The van der Waals surface area contributed by atoms with Crippen LogP contribution in [0.5, 0.6) is 5.75 Å². The van der Waals surface area contributed by atoms with Crippen molar-refractivity contribution in [2.24, 2.45) is 4.99 Å². The average molecular weight is 413 g/mol.